The number of hydrogen-bond acceptors (Lipinski definition) is 6. The average Bonchev–Trinajstić information content (AvgIpc) is 3.03. The van der Waals surface area contributed by atoms with Crippen molar-refractivity contribution in [2.24, 2.45) is 0 Å². The van der Waals surface area contributed by atoms with Crippen molar-refractivity contribution in [3.05, 3.63) is 30.0 Å². The van der Waals surface area contributed by atoms with E-state index in [-0.39, 0.29) is 42.5 Å². The number of nitrogens with zero attached hydrogens (tertiary/aromatic N) is 4. The number of aromatic nitrogens is 2. The summed E-state index contributed by atoms with van der Waals surface area (Å²) in [6, 6.07) is 6.53. The first-order valence-electron chi connectivity index (χ1n) is 10.1. The maximum atomic E-state index is 13.9. The monoisotopic (exact) mass is 496 g/mol. The predicted molar refractivity (Wildman–Crippen MR) is 105 cm³/mol. The normalized spacial score (nSPS) is 15.9. The molecule has 7 nitrogen and oxygen atoms in total. The molecule has 0 aliphatic carbocycles. The Hall–Kier alpha value is -3.19. The Morgan fingerprint density at radius 2 is 1.56 bits per heavy atom. The van der Waals surface area contributed by atoms with Gasteiger partial charge in [-0.1, -0.05) is 12.1 Å². The fourth-order valence-corrected chi connectivity index (χ4v) is 3.39. The lowest BCUT2D eigenvalue weighted by Gasteiger charge is -2.31. The third-order valence-electron chi connectivity index (χ3n) is 5.12. The maximum Gasteiger partial charge on any atom is 0.460 e. The third-order valence-corrected chi connectivity index (χ3v) is 5.12. The first-order chi connectivity index (χ1) is 15.8. The first kappa shape index (κ1) is 25.4. The topological polar surface area (TPSA) is 75.6 Å². The van der Waals surface area contributed by atoms with Gasteiger partial charge in [-0.2, -0.15) is 30.7 Å². The van der Waals surface area contributed by atoms with Gasteiger partial charge in [-0.15, -0.1) is 0 Å². The van der Waals surface area contributed by atoms with Gasteiger partial charge < -0.3 is 14.5 Å². The van der Waals surface area contributed by atoms with Gasteiger partial charge in [-0.25, -0.2) is 14.8 Å². The van der Waals surface area contributed by atoms with E-state index in [4.69, 9.17) is 4.74 Å². The molecule has 34 heavy (non-hydrogen) atoms. The Balaban J connectivity index is 1.89. The Labute approximate surface area is 188 Å². The van der Waals surface area contributed by atoms with Crippen molar-refractivity contribution in [3.63, 3.8) is 0 Å². The zero-order valence-electron chi connectivity index (χ0n) is 17.7. The fourth-order valence-electron chi connectivity index (χ4n) is 3.39. The Morgan fingerprint density at radius 1 is 0.941 bits per heavy atom. The van der Waals surface area contributed by atoms with Crippen LogP contribution in [0.4, 0.5) is 36.6 Å². The summed E-state index contributed by atoms with van der Waals surface area (Å²) in [7, 11) is 0. The van der Waals surface area contributed by atoms with Crippen LogP contribution in [0.15, 0.2) is 24.3 Å². The van der Waals surface area contributed by atoms with E-state index in [1.807, 2.05) is 0 Å². The summed E-state index contributed by atoms with van der Waals surface area (Å²) in [6.45, 7) is 0.229. The molecule has 14 heteroatoms. The highest BCUT2D eigenvalue weighted by atomic mass is 19.4. The molecule has 186 valence electrons. The molecule has 2 aromatic rings. The molecule has 0 unspecified atom stereocenters. The van der Waals surface area contributed by atoms with E-state index in [9.17, 15) is 40.3 Å². The van der Waals surface area contributed by atoms with Crippen LogP contribution in [-0.4, -0.2) is 77.6 Å². The molecule has 0 spiro atoms. The average molecular weight is 496 g/mol. The molecule has 1 aromatic heterocycles. The number of carbonyl (C=O) groups excluding carboxylic acids is 2. The van der Waals surface area contributed by atoms with Crippen LogP contribution < -0.4 is 4.90 Å². The van der Waals surface area contributed by atoms with Gasteiger partial charge >= 0.3 is 24.0 Å². The minimum absolute atomic E-state index is 0.0128. The van der Waals surface area contributed by atoms with Crippen molar-refractivity contribution in [3.8, 4) is 0 Å². The highest BCUT2D eigenvalue weighted by Crippen LogP contribution is 2.47. The molecule has 1 fully saturated rings. The molecule has 1 amide bonds. The fraction of sp³-hybridized carbons (Fsp3) is 0.500. The molecule has 0 saturated carbocycles. The van der Waals surface area contributed by atoms with E-state index in [2.05, 4.69) is 9.97 Å². The summed E-state index contributed by atoms with van der Waals surface area (Å²) >= 11 is 0. The van der Waals surface area contributed by atoms with Gasteiger partial charge in [0.15, 0.2) is 11.5 Å². The molecular weight excluding hydrogens is 477 g/mol. The van der Waals surface area contributed by atoms with E-state index in [1.54, 1.807) is 31.2 Å². The molecule has 0 radical (unpaired) electrons. The van der Waals surface area contributed by atoms with E-state index < -0.39 is 43.0 Å². The van der Waals surface area contributed by atoms with E-state index in [0.717, 1.165) is 0 Å². The van der Waals surface area contributed by atoms with Crippen molar-refractivity contribution in [1.29, 1.82) is 0 Å². The number of esters is 1. The summed E-state index contributed by atoms with van der Waals surface area (Å²) in [5.41, 5.74) is 0.572. The number of anilines is 1. The second-order valence-electron chi connectivity index (χ2n) is 7.38. The summed E-state index contributed by atoms with van der Waals surface area (Å²) < 4.78 is 96.8. The van der Waals surface area contributed by atoms with Crippen molar-refractivity contribution >= 4 is 28.7 Å². The van der Waals surface area contributed by atoms with Crippen LogP contribution in [0, 0.1) is 0 Å². The zero-order chi connectivity index (χ0) is 25.3. The molecule has 1 aromatic carbocycles. The highest BCUT2D eigenvalue weighted by Gasteiger charge is 2.76. The summed E-state index contributed by atoms with van der Waals surface area (Å²) in [5.74, 6) is -16.0. The summed E-state index contributed by atoms with van der Waals surface area (Å²) in [6.07, 6.45) is -6.69. The van der Waals surface area contributed by atoms with Gasteiger partial charge in [0.2, 0.25) is 0 Å². The van der Waals surface area contributed by atoms with Gasteiger partial charge in [0.05, 0.1) is 17.6 Å². The molecule has 1 aliphatic rings. The van der Waals surface area contributed by atoms with Crippen LogP contribution in [0.2, 0.25) is 0 Å². The number of hydrogen-bond donors (Lipinski definition) is 0. The molecule has 3 rings (SSSR count). The molecule has 1 saturated heterocycles. The predicted octanol–water partition coefficient (Wildman–Crippen LogP) is 3.68. The number of rotatable bonds is 5. The van der Waals surface area contributed by atoms with Gasteiger partial charge in [0, 0.05) is 26.2 Å². The smallest absolute Gasteiger partial charge is 0.460 e. The molecule has 1 aliphatic heterocycles. The van der Waals surface area contributed by atoms with E-state index in [1.165, 1.54) is 4.90 Å². The molecule has 0 N–H and O–H groups in total. The Bertz CT molecular complexity index is 1080. The zero-order valence-corrected chi connectivity index (χ0v) is 17.7. The molecule has 0 bridgehead atoms. The number of fused-ring (bicyclic) bond motifs is 1. The van der Waals surface area contributed by atoms with Crippen LogP contribution in [-0.2, 0) is 9.53 Å². The second-order valence-corrected chi connectivity index (χ2v) is 7.38. The molecule has 2 heterocycles. The third kappa shape index (κ3) is 4.57. The minimum atomic E-state index is -6.61. The van der Waals surface area contributed by atoms with Crippen molar-refractivity contribution in [2.45, 2.75) is 31.4 Å². The first-order valence-corrected chi connectivity index (χ1v) is 10.1. The lowest BCUT2D eigenvalue weighted by Crippen LogP contribution is -2.60. The number of ether oxygens (including phenoxy) is 1. The summed E-state index contributed by atoms with van der Waals surface area (Å²) in [5, 5.41) is 0. The number of para-hydroxylation sites is 2. The number of benzene rings is 1. The number of carbonyl (C=O) groups is 2. The van der Waals surface area contributed by atoms with Gasteiger partial charge in [0.25, 0.3) is 5.91 Å². The number of halogens is 7. The SMILES string of the molecule is CCOC(=O)c1nc2ccccc2nc1N1CCCN(C(=O)C(F)(F)C(F)(F)C(F)(F)F)CC1. The number of alkyl halides is 7. The Morgan fingerprint density at radius 3 is 2.15 bits per heavy atom. The second kappa shape index (κ2) is 9.22. The van der Waals surface area contributed by atoms with Gasteiger partial charge in [-0.3, -0.25) is 4.79 Å². The summed E-state index contributed by atoms with van der Waals surface area (Å²) in [4.78, 5) is 34.7. The molecule has 0 atom stereocenters. The highest BCUT2D eigenvalue weighted by molar-refractivity contribution is 5.95. The van der Waals surface area contributed by atoms with E-state index >= 15 is 0 Å². The number of amides is 1. The standard InChI is InChI=1S/C20H19F7N4O3/c1-2-34-16(32)14-15(29-13-7-4-3-6-12(13)28-14)30-8-5-9-31(11-10-30)17(33)18(21,22)19(23,24)20(25,26)27/h3-4,6-7H,2,5,8-11H2,1H3. The lowest BCUT2D eigenvalue weighted by atomic mass is 10.1. The van der Waals surface area contributed by atoms with Gasteiger partial charge in [-0.05, 0) is 25.5 Å². The van der Waals surface area contributed by atoms with Crippen molar-refractivity contribution in [1.82, 2.24) is 14.9 Å². The van der Waals surface area contributed by atoms with Crippen molar-refractivity contribution < 1.29 is 45.1 Å². The van der Waals surface area contributed by atoms with Crippen LogP contribution in [0.3, 0.4) is 0 Å². The van der Waals surface area contributed by atoms with Crippen molar-refractivity contribution in [2.75, 3.05) is 37.7 Å². The maximum absolute atomic E-state index is 13.9. The minimum Gasteiger partial charge on any atom is -0.461 e. The largest absolute Gasteiger partial charge is 0.461 e. The molecular formula is C20H19F7N4O3. The Kier molecular flexibility index (Phi) is 6.90. The quantitative estimate of drug-likeness (QED) is 0.465. The lowest BCUT2D eigenvalue weighted by molar-refractivity contribution is -0.345. The van der Waals surface area contributed by atoms with Crippen LogP contribution >= 0.6 is 0 Å². The van der Waals surface area contributed by atoms with E-state index in [0.29, 0.717) is 11.0 Å². The van der Waals surface area contributed by atoms with Crippen LogP contribution in [0.5, 0.6) is 0 Å². The van der Waals surface area contributed by atoms with Crippen LogP contribution in [0.25, 0.3) is 11.0 Å². The van der Waals surface area contributed by atoms with Gasteiger partial charge in [0.1, 0.15) is 0 Å². The van der Waals surface area contributed by atoms with Crippen LogP contribution in [0.1, 0.15) is 23.8 Å².